The maximum Gasteiger partial charge on any atom is 0.0951 e. The first-order chi connectivity index (χ1) is 5.88. The van der Waals surface area contributed by atoms with Gasteiger partial charge >= 0.3 is 0 Å². The first-order valence-corrected chi connectivity index (χ1v) is 5.04. The smallest absolute Gasteiger partial charge is 0.0951 e. The van der Waals surface area contributed by atoms with Gasteiger partial charge in [-0.3, -0.25) is 5.32 Å². The molecule has 1 N–H and O–H groups in total. The fourth-order valence-electron chi connectivity index (χ4n) is 1.00. The van der Waals surface area contributed by atoms with E-state index in [0.717, 1.165) is 13.0 Å². The van der Waals surface area contributed by atoms with Crippen molar-refractivity contribution in [3.05, 3.63) is 22.4 Å². The van der Waals surface area contributed by atoms with Crippen LogP contribution in [-0.4, -0.2) is 6.54 Å². The van der Waals surface area contributed by atoms with Crippen molar-refractivity contribution >= 4 is 11.3 Å². The molecule has 0 saturated carbocycles. The van der Waals surface area contributed by atoms with Crippen molar-refractivity contribution in [2.45, 2.75) is 19.4 Å². The molecule has 0 aromatic carbocycles. The number of hydrogen-bond acceptors (Lipinski definition) is 2. The van der Waals surface area contributed by atoms with Crippen molar-refractivity contribution in [3.8, 4) is 12.3 Å². The topological polar surface area (TPSA) is 12.0 Å². The van der Waals surface area contributed by atoms with Gasteiger partial charge in [-0.1, -0.05) is 12.8 Å². The third kappa shape index (κ3) is 2.37. The molecule has 2 heteroatoms. The van der Waals surface area contributed by atoms with E-state index in [2.05, 4.69) is 29.6 Å². The lowest BCUT2D eigenvalue weighted by molar-refractivity contribution is 0.628. The Bertz CT molecular complexity index is 245. The van der Waals surface area contributed by atoms with Gasteiger partial charge < -0.3 is 0 Å². The predicted octanol–water partition coefficient (Wildman–Crippen LogP) is 2.42. The van der Waals surface area contributed by atoms with E-state index in [4.69, 9.17) is 6.42 Å². The first kappa shape index (κ1) is 9.31. The maximum absolute atomic E-state index is 5.40. The average molecular weight is 179 g/mol. The molecule has 0 aliphatic carbocycles. The highest BCUT2D eigenvalue weighted by Gasteiger charge is 2.05. The number of terminal acetylenes is 1. The second-order valence-electron chi connectivity index (χ2n) is 2.61. The molecular weight excluding hydrogens is 166 g/mol. The van der Waals surface area contributed by atoms with Crippen LogP contribution in [0.25, 0.3) is 0 Å². The van der Waals surface area contributed by atoms with E-state index in [1.807, 2.05) is 5.38 Å². The van der Waals surface area contributed by atoms with Gasteiger partial charge in [0.15, 0.2) is 0 Å². The lowest BCUT2D eigenvalue weighted by Crippen LogP contribution is -2.19. The predicted molar refractivity (Wildman–Crippen MR) is 54.2 cm³/mol. The second kappa shape index (κ2) is 4.97. The zero-order valence-corrected chi connectivity index (χ0v) is 8.03. The van der Waals surface area contributed by atoms with Crippen LogP contribution in [0.15, 0.2) is 16.8 Å². The number of nitrogens with one attached hydrogen (secondary N) is 1. The van der Waals surface area contributed by atoms with E-state index < -0.39 is 0 Å². The summed E-state index contributed by atoms with van der Waals surface area (Å²) < 4.78 is 0. The monoisotopic (exact) mass is 179 g/mol. The zero-order valence-electron chi connectivity index (χ0n) is 7.21. The minimum atomic E-state index is 0.0937. The highest BCUT2D eigenvalue weighted by Crippen LogP contribution is 2.14. The molecule has 0 amide bonds. The third-order valence-electron chi connectivity index (χ3n) is 1.64. The van der Waals surface area contributed by atoms with Crippen LogP contribution in [-0.2, 0) is 0 Å². The van der Waals surface area contributed by atoms with Crippen LogP contribution < -0.4 is 5.32 Å². The summed E-state index contributed by atoms with van der Waals surface area (Å²) in [4.78, 5) is 0. The van der Waals surface area contributed by atoms with E-state index in [1.165, 1.54) is 5.56 Å². The van der Waals surface area contributed by atoms with Gasteiger partial charge in [-0.2, -0.15) is 11.3 Å². The van der Waals surface area contributed by atoms with Crippen molar-refractivity contribution in [1.29, 1.82) is 0 Å². The van der Waals surface area contributed by atoms with Gasteiger partial charge in [0.1, 0.15) is 0 Å². The average Bonchev–Trinajstić information content (AvgIpc) is 2.59. The molecule has 0 saturated heterocycles. The molecule has 1 nitrogen and oxygen atoms in total. The molecule has 64 valence electrons. The van der Waals surface area contributed by atoms with Crippen molar-refractivity contribution < 1.29 is 0 Å². The molecule has 1 rings (SSSR count). The first-order valence-electron chi connectivity index (χ1n) is 4.10. The molecule has 1 aromatic rings. The fraction of sp³-hybridized carbons (Fsp3) is 0.400. The van der Waals surface area contributed by atoms with E-state index >= 15 is 0 Å². The van der Waals surface area contributed by atoms with Gasteiger partial charge in [0.05, 0.1) is 6.04 Å². The summed E-state index contributed by atoms with van der Waals surface area (Å²) in [6.45, 7) is 3.11. The van der Waals surface area contributed by atoms with Gasteiger partial charge in [-0.05, 0) is 35.4 Å². The Morgan fingerprint density at radius 1 is 1.75 bits per heavy atom. The lowest BCUT2D eigenvalue weighted by atomic mass is 10.1. The summed E-state index contributed by atoms with van der Waals surface area (Å²) in [6, 6.07) is 2.16. The summed E-state index contributed by atoms with van der Waals surface area (Å²) in [5.41, 5.74) is 1.20. The summed E-state index contributed by atoms with van der Waals surface area (Å²) in [5.74, 6) is 2.73. The Kier molecular flexibility index (Phi) is 3.86. The quantitative estimate of drug-likeness (QED) is 0.700. The van der Waals surface area contributed by atoms with Gasteiger partial charge in [-0.15, -0.1) is 6.42 Å². The van der Waals surface area contributed by atoms with Crippen LogP contribution in [0.5, 0.6) is 0 Å². The summed E-state index contributed by atoms with van der Waals surface area (Å²) in [6.07, 6.45) is 6.51. The summed E-state index contributed by atoms with van der Waals surface area (Å²) >= 11 is 1.68. The summed E-state index contributed by atoms with van der Waals surface area (Å²) in [7, 11) is 0. The van der Waals surface area contributed by atoms with Gasteiger partial charge in [0, 0.05) is 0 Å². The molecule has 1 unspecified atom stereocenters. The van der Waals surface area contributed by atoms with E-state index in [-0.39, 0.29) is 6.04 Å². The zero-order chi connectivity index (χ0) is 8.81. The molecule has 12 heavy (non-hydrogen) atoms. The number of thiophene rings is 1. The third-order valence-corrected chi connectivity index (χ3v) is 2.34. The lowest BCUT2D eigenvalue weighted by Gasteiger charge is -2.09. The molecule has 1 atom stereocenters. The Balaban J connectivity index is 2.53. The number of rotatable bonds is 4. The van der Waals surface area contributed by atoms with Crippen LogP contribution in [0.2, 0.25) is 0 Å². The molecule has 0 spiro atoms. The molecule has 0 bridgehead atoms. The molecule has 1 heterocycles. The van der Waals surface area contributed by atoms with Gasteiger partial charge in [0.2, 0.25) is 0 Å². The van der Waals surface area contributed by atoms with E-state index in [0.29, 0.717) is 0 Å². The molecule has 1 aromatic heterocycles. The van der Waals surface area contributed by atoms with Gasteiger partial charge in [0.25, 0.3) is 0 Å². The highest BCUT2D eigenvalue weighted by molar-refractivity contribution is 7.08. The van der Waals surface area contributed by atoms with E-state index in [1.54, 1.807) is 11.3 Å². The maximum atomic E-state index is 5.40. The van der Waals surface area contributed by atoms with Crippen LogP contribution in [0.4, 0.5) is 0 Å². The van der Waals surface area contributed by atoms with Crippen molar-refractivity contribution in [2.75, 3.05) is 6.54 Å². The molecule has 0 radical (unpaired) electrons. The van der Waals surface area contributed by atoms with Gasteiger partial charge in [-0.25, -0.2) is 0 Å². The minimum absolute atomic E-state index is 0.0937. The molecule has 0 aliphatic rings. The van der Waals surface area contributed by atoms with Crippen LogP contribution in [0.1, 0.15) is 24.9 Å². The number of hydrogen-bond donors (Lipinski definition) is 1. The van der Waals surface area contributed by atoms with Crippen molar-refractivity contribution in [1.82, 2.24) is 5.32 Å². The molecule has 0 fully saturated rings. The Morgan fingerprint density at radius 2 is 2.58 bits per heavy atom. The standard InChI is InChI=1S/C10H13NS/c1-3-6-11-10(4-2)9-5-7-12-8-9/h2,5,7-8,10-11H,3,6H2,1H3. The van der Waals surface area contributed by atoms with E-state index in [9.17, 15) is 0 Å². The van der Waals surface area contributed by atoms with Crippen molar-refractivity contribution in [3.63, 3.8) is 0 Å². The SMILES string of the molecule is C#CC(NCCC)c1ccsc1. The highest BCUT2D eigenvalue weighted by atomic mass is 32.1. The Hall–Kier alpha value is -0.780. The van der Waals surface area contributed by atoms with Crippen LogP contribution >= 0.6 is 11.3 Å². The molecular formula is C10H13NS. The fourth-order valence-corrected chi connectivity index (χ4v) is 1.69. The molecule has 0 aliphatic heterocycles. The second-order valence-corrected chi connectivity index (χ2v) is 3.39. The van der Waals surface area contributed by atoms with Crippen LogP contribution in [0.3, 0.4) is 0 Å². The van der Waals surface area contributed by atoms with Crippen LogP contribution in [0, 0.1) is 12.3 Å². The Labute approximate surface area is 77.8 Å². The largest absolute Gasteiger partial charge is 0.300 e. The Morgan fingerprint density at radius 3 is 3.08 bits per heavy atom. The van der Waals surface area contributed by atoms with Crippen molar-refractivity contribution in [2.24, 2.45) is 0 Å². The summed E-state index contributed by atoms with van der Waals surface area (Å²) in [5, 5.41) is 7.43. The normalized spacial score (nSPS) is 12.3. The minimum Gasteiger partial charge on any atom is -0.300 e.